The van der Waals surface area contributed by atoms with Gasteiger partial charge in [0.1, 0.15) is 0 Å². The zero-order chi connectivity index (χ0) is 9.26. The van der Waals surface area contributed by atoms with E-state index in [0.717, 1.165) is 5.92 Å². The van der Waals surface area contributed by atoms with Crippen molar-refractivity contribution >= 4 is 0 Å². The molecule has 2 atom stereocenters. The highest BCUT2D eigenvalue weighted by Crippen LogP contribution is 2.33. The molecule has 1 aromatic rings. The lowest BCUT2D eigenvalue weighted by Crippen LogP contribution is -2.30. The molecule has 1 heterocycles. The molecule has 2 N–H and O–H groups in total. The third-order valence-corrected chi connectivity index (χ3v) is 2.83. The fourth-order valence-corrected chi connectivity index (χ4v) is 1.72. The number of hydrogen-bond acceptors (Lipinski definition) is 2. The van der Waals surface area contributed by atoms with E-state index >= 15 is 0 Å². The molecule has 1 saturated carbocycles. The number of nitrogens with one attached hydrogen (secondary N) is 2. The first-order valence-electron chi connectivity index (χ1n) is 5.02. The molecule has 0 aliphatic heterocycles. The number of nitrogens with zero attached hydrogens (tertiary/aromatic N) is 1. The van der Waals surface area contributed by atoms with Crippen LogP contribution in [0.1, 0.15) is 38.4 Å². The average Bonchev–Trinajstić information content (AvgIpc) is 2.81. The van der Waals surface area contributed by atoms with Crippen LogP contribution in [0.2, 0.25) is 0 Å². The van der Waals surface area contributed by atoms with Gasteiger partial charge in [0.25, 0.3) is 0 Å². The maximum absolute atomic E-state index is 3.95. The first-order chi connectivity index (χ1) is 6.27. The molecule has 0 spiro atoms. The van der Waals surface area contributed by atoms with E-state index in [2.05, 4.69) is 29.4 Å². The van der Waals surface area contributed by atoms with E-state index in [9.17, 15) is 0 Å². The van der Waals surface area contributed by atoms with Crippen molar-refractivity contribution in [3.63, 3.8) is 0 Å². The lowest BCUT2D eigenvalue weighted by molar-refractivity contribution is 0.435. The van der Waals surface area contributed by atoms with Crippen LogP contribution in [0, 0.1) is 5.92 Å². The van der Waals surface area contributed by atoms with Crippen molar-refractivity contribution in [2.24, 2.45) is 5.92 Å². The predicted octanol–water partition coefficient (Wildman–Crippen LogP) is 1.86. The molecule has 1 fully saturated rings. The maximum Gasteiger partial charge on any atom is 0.0518 e. The van der Waals surface area contributed by atoms with Crippen LogP contribution in [0.15, 0.2) is 12.3 Å². The summed E-state index contributed by atoms with van der Waals surface area (Å²) in [4.78, 5) is 0. The van der Waals surface area contributed by atoms with E-state index in [1.54, 1.807) is 6.20 Å². The van der Waals surface area contributed by atoms with E-state index in [-0.39, 0.29) is 0 Å². The van der Waals surface area contributed by atoms with Crippen molar-refractivity contribution in [2.75, 3.05) is 0 Å². The van der Waals surface area contributed by atoms with Gasteiger partial charge in [0.15, 0.2) is 0 Å². The van der Waals surface area contributed by atoms with E-state index in [0.29, 0.717) is 12.1 Å². The standard InChI is InChI=1S/C10H17N3/c1-7(9-3-4-9)12-8(2)10-5-6-11-13-10/h5-9,12H,3-4H2,1-2H3,(H,11,13). The van der Waals surface area contributed by atoms with Crippen molar-refractivity contribution in [2.45, 2.75) is 38.8 Å². The second kappa shape index (κ2) is 3.50. The fourth-order valence-electron chi connectivity index (χ4n) is 1.72. The van der Waals surface area contributed by atoms with Gasteiger partial charge in [-0.05, 0) is 38.7 Å². The van der Waals surface area contributed by atoms with Gasteiger partial charge in [0.05, 0.1) is 5.69 Å². The summed E-state index contributed by atoms with van der Waals surface area (Å²) in [5.41, 5.74) is 1.17. The highest BCUT2D eigenvalue weighted by molar-refractivity contribution is 5.03. The molecule has 0 amide bonds. The predicted molar refractivity (Wildman–Crippen MR) is 52.3 cm³/mol. The minimum absolute atomic E-state index is 0.387. The van der Waals surface area contributed by atoms with Crippen LogP contribution in [0.3, 0.4) is 0 Å². The van der Waals surface area contributed by atoms with E-state index in [1.807, 2.05) is 6.07 Å². The fraction of sp³-hybridized carbons (Fsp3) is 0.700. The molecule has 1 aromatic heterocycles. The molecule has 0 aromatic carbocycles. The Kier molecular flexibility index (Phi) is 2.36. The second-order valence-corrected chi connectivity index (χ2v) is 4.03. The van der Waals surface area contributed by atoms with Crippen molar-refractivity contribution < 1.29 is 0 Å². The van der Waals surface area contributed by atoms with Crippen LogP contribution >= 0.6 is 0 Å². The highest BCUT2D eigenvalue weighted by atomic mass is 15.1. The summed E-state index contributed by atoms with van der Waals surface area (Å²) in [5.74, 6) is 0.908. The zero-order valence-corrected chi connectivity index (χ0v) is 8.25. The zero-order valence-electron chi connectivity index (χ0n) is 8.25. The van der Waals surface area contributed by atoms with Crippen LogP contribution in [-0.2, 0) is 0 Å². The Bertz CT molecular complexity index is 251. The number of aromatic nitrogens is 2. The number of rotatable bonds is 4. The van der Waals surface area contributed by atoms with Gasteiger partial charge in [-0.25, -0.2) is 0 Å². The summed E-state index contributed by atoms with van der Waals surface area (Å²) in [7, 11) is 0. The molecular formula is C10H17N3. The molecule has 3 heteroatoms. The monoisotopic (exact) mass is 179 g/mol. The largest absolute Gasteiger partial charge is 0.306 e. The lowest BCUT2D eigenvalue weighted by atomic mass is 10.1. The van der Waals surface area contributed by atoms with Crippen LogP contribution in [-0.4, -0.2) is 16.2 Å². The van der Waals surface area contributed by atoms with Crippen LogP contribution < -0.4 is 5.32 Å². The summed E-state index contributed by atoms with van der Waals surface area (Å²) in [6, 6.07) is 3.05. The van der Waals surface area contributed by atoms with Crippen molar-refractivity contribution in [3.8, 4) is 0 Å². The highest BCUT2D eigenvalue weighted by Gasteiger charge is 2.28. The van der Waals surface area contributed by atoms with Gasteiger partial charge in [0, 0.05) is 18.3 Å². The van der Waals surface area contributed by atoms with Crippen LogP contribution in [0.5, 0.6) is 0 Å². The van der Waals surface area contributed by atoms with Gasteiger partial charge in [-0.2, -0.15) is 5.10 Å². The summed E-state index contributed by atoms with van der Waals surface area (Å²) < 4.78 is 0. The van der Waals surface area contributed by atoms with Gasteiger partial charge in [0.2, 0.25) is 0 Å². The molecule has 0 bridgehead atoms. The molecule has 0 saturated heterocycles. The number of H-pyrrole nitrogens is 1. The first-order valence-corrected chi connectivity index (χ1v) is 5.02. The summed E-state index contributed by atoms with van der Waals surface area (Å²) in [6.07, 6.45) is 4.59. The summed E-state index contributed by atoms with van der Waals surface area (Å²) in [6.45, 7) is 4.44. The molecule has 0 radical (unpaired) electrons. The van der Waals surface area contributed by atoms with Crippen molar-refractivity contribution in [1.29, 1.82) is 0 Å². The minimum atomic E-state index is 0.387. The third-order valence-electron chi connectivity index (χ3n) is 2.83. The maximum atomic E-state index is 3.95. The minimum Gasteiger partial charge on any atom is -0.306 e. The Balaban J connectivity index is 1.87. The van der Waals surface area contributed by atoms with Crippen molar-refractivity contribution in [1.82, 2.24) is 15.5 Å². The normalized spacial score (nSPS) is 21.4. The smallest absolute Gasteiger partial charge is 0.0518 e. The van der Waals surface area contributed by atoms with Crippen LogP contribution in [0.4, 0.5) is 0 Å². The summed E-state index contributed by atoms with van der Waals surface area (Å²) >= 11 is 0. The van der Waals surface area contributed by atoms with Gasteiger partial charge in [-0.15, -0.1) is 0 Å². The number of hydrogen-bond donors (Lipinski definition) is 2. The van der Waals surface area contributed by atoms with Gasteiger partial charge in [-0.1, -0.05) is 0 Å². The lowest BCUT2D eigenvalue weighted by Gasteiger charge is -2.18. The molecule has 2 rings (SSSR count). The molecule has 1 aliphatic rings. The Morgan fingerprint density at radius 2 is 2.31 bits per heavy atom. The Hall–Kier alpha value is -0.830. The van der Waals surface area contributed by atoms with E-state index < -0.39 is 0 Å². The van der Waals surface area contributed by atoms with E-state index in [4.69, 9.17) is 0 Å². The average molecular weight is 179 g/mol. The van der Waals surface area contributed by atoms with Gasteiger partial charge >= 0.3 is 0 Å². The molecular weight excluding hydrogens is 162 g/mol. The third kappa shape index (κ3) is 2.10. The van der Waals surface area contributed by atoms with Crippen molar-refractivity contribution in [3.05, 3.63) is 18.0 Å². The Labute approximate surface area is 78.9 Å². The first kappa shape index (κ1) is 8.75. The topological polar surface area (TPSA) is 40.7 Å². The van der Waals surface area contributed by atoms with E-state index in [1.165, 1.54) is 18.5 Å². The molecule has 72 valence electrons. The second-order valence-electron chi connectivity index (χ2n) is 4.03. The van der Waals surface area contributed by atoms with Crippen LogP contribution in [0.25, 0.3) is 0 Å². The molecule has 3 nitrogen and oxygen atoms in total. The quantitative estimate of drug-likeness (QED) is 0.740. The van der Waals surface area contributed by atoms with Gasteiger partial charge < -0.3 is 5.32 Å². The molecule has 2 unspecified atom stereocenters. The Morgan fingerprint density at radius 1 is 1.54 bits per heavy atom. The molecule has 1 aliphatic carbocycles. The van der Waals surface area contributed by atoms with Gasteiger partial charge in [-0.3, -0.25) is 5.10 Å². The Morgan fingerprint density at radius 3 is 2.85 bits per heavy atom. The SMILES string of the molecule is CC(NC(C)C1CC1)c1ccn[nH]1. The molecule has 13 heavy (non-hydrogen) atoms. The summed E-state index contributed by atoms with van der Waals surface area (Å²) in [5, 5.41) is 10.5. The number of aromatic amines is 1.